The molecule has 2 N–H and O–H groups in total. The smallest absolute Gasteiger partial charge is 0.254 e. The van der Waals surface area contributed by atoms with Crippen molar-refractivity contribution in [1.29, 1.82) is 0 Å². The standard InChI is InChI=1S/C26H25FN4O3S/c1-26(10-5-6-15(26)14-34-22-9-11-28-25(30-22)35-2)31-24(33)17-13-21-18(12-19(17)27)23(32)16-7-3-4-8-20(16)29-21/h3-4,7-9,11-13,15H,5-6,10,14H2,1-2H3,(H,29,32)(H,31,33)/t15-,26-/m1/s1. The topological polar surface area (TPSA) is 97.0 Å². The molecule has 1 aliphatic carbocycles. The van der Waals surface area contributed by atoms with Gasteiger partial charge in [0.25, 0.3) is 5.91 Å². The van der Waals surface area contributed by atoms with Crippen molar-refractivity contribution in [2.75, 3.05) is 12.9 Å². The van der Waals surface area contributed by atoms with Crippen LogP contribution in [0, 0.1) is 11.7 Å². The van der Waals surface area contributed by atoms with Gasteiger partial charge in [-0.3, -0.25) is 9.59 Å². The first-order valence-electron chi connectivity index (χ1n) is 11.4. The maximum Gasteiger partial charge on any atom is 0.254 e. The molecule has 1 amide bonds. The molecule has 0 unspecified atom stereocenters. The summed E-state index contributed by atoms with van der Waals surface area (Å²) in [6.07, 6.45) is 6.09. The maximum absolute atomic E-state index is 15.0. The zero-order valence-electron chi connectivity index (χ0n) is 19.4. The van der Waals surface area contributed by atoms with E-state index in [9.17, 15) is 9.59 Å². The van der Waals surface area contributed by atoms with Crippen molar-refractivity contribution in [3.8, 4) is 5.88 Å². The van der Waals surface area contributed by atoms with Crippen LogP contribution >= 0.6 is 11.8 Å². The van der Waals surface area contributed by atoms with E-state index in [1.165, 1.54) is 17.8 Å². The van der Waals surface area contributed by atoms with Crippen molar-refractivity contribution in [2.24, 2.45) is 5.92 Å². The Kier molecular flexibility index (Phi) is 6.19. The van der Waals surface area contributed by atoms with Crippen molar-refractivity contribution in [1.82, 2.24) is 20.3 Å². The number of nitrogens with zero attached hydrogens (tertiary/aromatic N) is 2. The summed E-state index contributed by atoms with van der Waals surface area (Å²) >= 11 is 1.43. The Hall–Kier alpha value is -3.46. The molecule has 35 heavy (non-hydrogen) atoms. The van der Waals surface area contributed by atoms with Gasteiger partial charge in [0.1, 0.15) is 5.82 Å². The minimum atomic E-state index is -0.726. The van der Waals surface area contributed by atoms with Crippen LogP contribution in [0.25, 0.3) is 21.8 Å². The van der Waals surface area contributed by atoms with Gasteiger partial charge < -0.3 is 15.0 Å². The number of thioether (sulfide) groups is 1. The molecule has 180 valence electrons. The number of ether oxygens (including phenoxy) is 1. The van der Waals surface area contributed by atoms with Crippen LogP contribution in [0.3, 0.4) is 0 Å². The summed E-state index contributed by atoms with van der Waals surface area (Å²) in [6.45, 7) is 2.34. The molecule has 4 aromatic rings. The van der Waals surface area contributed by atoms with Crippen molar-refractivity contribution >= 4 is 39.5 Å². The molecule has 9 heteroatoms. The van der Waals surface area contributed by atoms with Crippen LogP contribution < -0.4 is 15.5 Å². The summed E-state index contributed by atoms with van der Waals surface area (Å²) in [4.78, 5) is 37.7. The fourth-order valence-electron chi connectivity index (χ4n) is 4.81. The number of aromatic amines is 1. The van der Waals surface area contributed by atoms with E-state index in [1.807, 2.05) is 19.2 Å². The highest BCUT2D eigenvalue weighted by Crippen LogP contribution is 2.36. The van der Waals surface area contributed by atoms with Gasteiger partial charge in [-0.1, -0.05) is 30.3 Å². The molecular weight excluding hydrogens is 467 g/mol. The number of pyridine rings is 1. The lowest BCUT2D eigenvalue weighted by atomic mass is 9.89. The molecule has 0 saturated heterocycles. The fraction of sp³-hybridized carbons (Fsp3) is 0.308. The summed E-state index contributed by atoms with van der Waals surface area (Å²) < 4.78 is 21.0. The van der Waals surface area contributed by atoms with Crippen molar-refractivity contribution in [2.45, 2.75) is 36.9 Å². The number of para-hydroxylation sites is 1. The Morgan fingerprint density at radius 2 is 2.09 bits per heavy atom. The predicted octanol–water partition coefficient (Wildman–Crippen LogP) is 4.70. The number of fused-ring (bicyclic) bond motifs is 2. The number of hydrogen-bond donors (Lipinski definition) is 2. The fourth-order valence-corrected chi connectivity index (χ4v) is 5.15. The summed E-state index contributed by atoms with van der Waals surface area (Å²) in [6, 6.07) is 11.3. The lowest BCUT2D eigenvalue weighted by Crippen LogP contribution is -2.50. The molecule has 7 nitrogen and oxygen atoms in total. The van der Waals surface area contributed by atoms with E-state index < -0.39 is 17.3 Å². The first-order chi connectivity index (χ1) is 16.9. The van der Waals surface area contributed by atoms with Gasteiger partial charge in [-0.05, 0) is 50.3 Å². The first kappa shape index (κ1) is 23.3. The molecular formula is C26H25FN4O3S. The molecule has 1 saturated carbocycles. The van der Waals surface area contributed by atoms with Crippen LogP contribution in [-0.2, 0) is 0 Å². The predicted molar refractivity (Wildman–Crippen MR) is 135 cm³/mol. The number of benzene rings is 2. The number of H-pyrrole nitrogens is 1. The van der Waals surface area contributed by atoms with E-state index >= 15 is 4.39 Å². The number of hydrogen-bond acceptors (Lipinski definition) is 6. The highest BCUT2D eigenvalue weighted by molar-refractivity contribution is 7.98. The SMILES string of the molecule is CSc1nccc(OC[C@H]2CCC[C@@]2(C)NC(=O)c2cc3[nH]c4ccccc4c(=O)c3cc2F)n1. The van der Waals surface area contributed by atoms with Gasteiger partial charge in [0.2, 0.25) is 5.88 Å². The highest BCUT2D eigenvalue weighted by atomic mass is 32.2. The largest absolute Gasteiger partial charge is 0.477 e. The molecule has 1 aliphatic rings. The van der Waals surface area contributed by atoms with Crippen LogP contribution in [-0.4, -0.2) is 39.3 Å². The monoisotopic (exact) mass is 492 g/mol. The Morgan fingerprint density at radius 1 is 1.26 bits per heavy atom. The molecule has 2 atom stereocenters. The van der Waals surface area contributed by atoms with Gasteiger partial charge in [-0.25, -0.2) is 9.37 Å². The van der Waals surface area contributed by atoms with Crippen LogP contribution in [0.15, 0.2) is 58.6 Å². The number of halogens is 1. The number of nitrogens with one attached hydrogen (secondary N) is 2. The van der Waals surface area contributed by atoms with E-state index in [1.54, 1.807) is 30.5 Å². The Bertz CT molecular complexity index is 1490. The Morgan fingerprint density at radius 3 is 2.91 bits per heavy atom. The highest BCUT2D eigenvalue weighted by Gasteiger charge is 2.41. The Balaban J connectivity index is 1.38. The van der Waals surface area contributed by atoms with Gasteiger partial charge in [0, 0.05) is 40.0 Å². The number of aromatic nitrogens is 3. The third kappa shape index (κ3) is 4.48. The zero-order valence-corrected chi connectivity index (χ0v) is 20.2. The summed E-state index contributed by atoms with van der Waals surface area (Å²) in [5, 5.41) is 4.37. The average Bonchev–Trinajstić information content (AvgIpc) is 3.22. The average molecular weight is 493 g/mol. The second kappa shape index (κ2) is 9.30. The third-order valence-corrected chi connectivity index (χ3v) is 7.37. The van der Waals surface area contributed by atoms with E-state index in [0.717, 1.165) is 25.3 Å². The van der Waals surface area contributed by atoms with Crippen LogP contribution in [0.4, 0.5) is 4.39 Å². The van der Waals surface area contributed by atoms with E-state index in [4.69, 9.17) is 4.74 Å². The molecule has 0 spiro atoms. The molecule has 0 aliphatic heterocycles. The van der Waals surface area contributed by atoms with Crippen LogP contribution in [0.1, 0.15) is 36.5 Å². The quantitative estimate of drug-likeness (QED) is 0.230. The lowest BCUT2D eigenvalue weighted by molar-refractivity contribution is 0.0852. The lowest BCUT2D eigenvalue weighted by Gasteiger charge is -2.32. The molecule has 2 heterocycles. The number of carbonyl (C=O) groups excluding carboxylic acids is 1. The summed E-state index contributed by atoms with van der Waals surface area (Å²) in [7, 11) is 0. The first-order valence-corrected chi connectivity index (χ1v) is 12.7. The van der Waals surface area contributed by atoms with Gasteiger partial charge >= 0.3 is 0 Å². The minimum Gasteiger partial charge on any atom is -0.477 e. The molecule has 2 aromatic carbocycles. The van der Waals surface area contributed by atoms with Gasteiger partial charge in [0.15, 0.2) is 10.6 Å². The van der Waals surface area contributed by atoms with Crippen LogP contribution in [0.5, 0.6) is 5.88 Å². The molecule has 2 aromatic heterocycles. The van der Waals surface area contributed by atoms with Crippen molar-refractivity contribution in [3.63, 3.8) is 0 Å². The number of rotatable bonds is 6. The maximum atomic E-state index is 15.0. The number of amides is 1. The van der Waals surface area contributed by atoms with Gasteiger partial charge in [-0.15, -0.1) is 0 Å². The molecule has 5 rings (SSSR count). The summed E-state index contributed by atoms with van der Waals surface area (Å²) in [5.74, 6) is -0.719. The van der Waals surface area contributed by atoms with Crippen molar-refractivity contribution in [3.05, 3.63) is 70.3 Å². The molecule has 1 fully saturated rings. The second-order valence-electron chi connectivity index (χ2n) is 9.03. The normalized spacial score (nSPS) is 19.8. The second-order valence-corrected chi connectivity index (χ2v) is 9.80. The van der Waals surface area contributed by atoms with Gasteiger partial charge in [-0.2, -0.15) is 4.98 Å². The third-order valence-electron chi connectivity index (χ3n) is 6.81. The minimum absolute atomic E-state index is 0.0337. The number of carbonyl (C=O) groups is 1. The van der Waals surface area contributed by atoms with E-state index in [-0.39, 0.29) is 22.3 Å². The summed E-state index contributed by atoms with van der Waals surface area (Å²) in [5.41, 5.74) is 0.124. The van der Waals surface area contributed by atoms with E-state index in [0.29, 0.717) is 34.1 Å². The Labute approximate surface area is 205 Å². The van der Waals surface area contributed by atoms with Crippen molar-refractivity contribution < 1.29 is 13.9 Å². The molecule has 0 bridgehead atoms. The van der Waals surface area contributed by atoms with Crippen LogP contribution in [0.2, 0.25) is 0 Å². The van der Waals surface area contributed by atoms with Gasteiger partial charge in [0.05, 0.1) is 17.7 Å². The molecule has 0 radical (unpaired) electrons. The zero-order chi connectivity index (χ0) is 24.6. The van der Waals surface area contributed by atoms with E-state index in [2.05, 4.69) is 20.3 Å².